The second-order valence-corrected chi connectivity index (χ2v) is 7.04. The first-order valence-corrected chi connectivity index (χ1v) is 10.5. The van der Waals surface area contributed by atoms with Crippen molar-refractivity contribution in [2.24, 2.45) is 4.99 Å². The van der Waals surface area contributed by atoms with Crippen molar-refractivity contribution in [2.75, 3.05) is 6.61 Å². The number of benzene rings is 2. The number of carbonyl (C=O) groups excluding carboxylic acids is 1. The van der Waals surface area contributed by atoms with Crippen molar-refractivity contribution >= 4 is 23.4 Å². The Morgan fingerprint density at radius 2 is 1.74 bits per heavy atom. The van der Waals surface area contributed by atoms with E-state index in [-0.39, 0.29) is 0 Å². The van der Waals surface area contributed by atoms with Gasteiger partial charge in [0.25, 0.3) is 0 Å². The predicted molar refractivity (Wildman–Crippen MR) is 123 cm³/mol. The maximum absolute atomic E-state index is 11.9. The van der Waals surface area contributed by atoms with Crippen molar-refractivity contribution < 1.29 is 18.7 Å². The lowest BCUT2D eigenvalue weighted by Gasteiger charge is -2.07. The van der Waals surface area contributed by atoms with Gasteiger partial charge in [-0.25, -0.2) is 4.79 Å². The van der Waals surface area contributed by atoms with Crippen molar-refractivity contribution in [1.82, 2.24) is 0 Å². The van der Waals surface area contributed by atoms with Gasteiger partial charge >= 0.3 is 5.97 Å². The van der Waals surface area contributed by atoms with Crippen molar-refractivity contribution in [1.29, 1.82) is 0 Å². The number of esters is 1. The SMILES string of the molecule is CCCCCOc1ccc(N=C(C)c2ccc(OC(=O)/C=C/c3ccco3)cc2)cc1. The molecule has 1 heterocycles. The third-order valence-electron chi connectivity index (χ3n) is 4.57. The lowest BCUT2D eigenvalue weighted by Crippen LogP contribution is -2.04. The van der Waals surface area contributed by atoms with Gasteiger partial charge in [-0.15, -0.1) is 0 Å². The highest BCUT2D eigenvalue weighted by Gasteiger charge is 2.04. The average Bonchev–Trinajstić information content (AvgIpc) is 3.31. The van der Waals surface area contributed by atoms with E-state index >= 15 is 0 Å². The maximum atomic E-state index is 11.9. The van der Waals surface area contributed by atoms with Crippen molar-refractivity contribution in [3.63, 3.8) is 0 Å². The number of unbranched alkanes of at least 4 members (excludes halogenated alkanes) is 2. The molecular weight excluding hydrogens is 390 g/mol. The summed E-state index contributed by atoms with van der Waals surface area (Å²) in [5.41, 5.74) is 2.68. The van der Waals surface area contributed by atoms with Gasteiger partial charge in [-0.05, 0) is 85.6 Å². The number of hydrogen-bond acceptors (Lipinski definition) is 5. The number of carbonyl (C=O) groups is 1. The van der Waals surface area contributed by atoms with E-state index in [1.807, 2.05) is 43.3 Å². The Labute approximate surface area is 183 Å². The Morgan fingerprint density at radius 1 is 1.00 bits per heavy atom. The van der Waals surface area contributed by atoms with Crippen LogP contribution in [0.3, 0.4) is 0 Å². The smallest absolute Gasteiger partial charge is 0.336 e. The topological polar surface area (TPSA) is 61.0 Å². The molecule has 3 rings (SSSR count). The minimum Gasteiger partial charge on any atom is -0.494 e. The zero-order chi connectivity index (χ0) is 21.9. The van der Waals surface area contributed by atoms with Gasteiger partial charge in [0.05, 0.1) is 18.6 Å². The van der Waals surface area contributed by atoms with E-state index in [1.54, 1.807) is 36.6 Å². The van der Waals surface area contributed by atoms with Crippen molar-refractivity contribution in [3.05, 3.63) is 84.3 Å². The molecule has 0 bridgehead atoms. The number of hydrogen-bond donors (Lipinski definition) is 0. The van der Waals surface area contributed by atoms with Gasteiger partial charge in [0.15, 0.2) is 0 Å². The summed E-state index contributed by atoms with van der Waals surface area (Å²) in [6.07, 6.45) is 7.88. The van der Waals surface area contributed by atoms with Crippen molar-refractivity contribution in [2.45, 2.75) is 33.1 Å². The summed E-state index contributed by atoms with van der Waals surface area (Å²) in [6, 6.07) is 18.5. The fraction of sp³-hybridized carbons (Fsp3) is 0.231. The quantitative estimate of drug-likeness (QED) is 0.122. The lowest BCUT2D eigenvalue weighted by atomic mass is 10.1. The summed E-state index contributed by atoms with van der Waals surface area (Å²) in [5, 5.41) is 0. The highest BCUT2D eigenvalue weighted by Crippen LogP contribution is 2.21. The lowest BCUT2D eigenvalue weighted by molar-refractivity contribution is -0.128. The van der Waals surface area contributed by atoms with Crippen LogP contribution >= 0.6 is 0 Å². The van der Waals surface area contributed by atoms with Crippen LogP contribution in [0.2, 0.25) is 0 Å². The summed E-state index contributed by atoms with van der Waals surface area (Å²) in [5.74, 6) is 1.46. The zero-order valence-corrected chi connectivity index (χ0v) is 17.9. The van der Waals surface area contributed by atoms with Crippen LogP contribution in [0.5, 0.6) is 11.5 Å². The molecule has 0 aliphatic carbocycles. The molecule has 31 heavy (non-hydrogen) atoms. The van der Waals surface area contributed by atoms with E-state index in [2.05, 4.69) is 11.9 Å². The predicted octanol–water partition coefficient (Wildman–Crippen LogP) is 6.61. The first-order valence-electron chi connectivity index (χ1n) is 10.5. The van der Waals surface area contributed by atoms with Gasteiger partial charge in [-0.2, -0.15) is 0 Å². The molecule has 0 aliphatic rings. The molecular formula is C26H27NO4. The van der Waals surface area contributed by atoms with Crippen LogP contribution in [-0.4, -0.2) is 18.3 Å². The Balaban J connectivity index is 1.54. The molecule has 160 valence electrons. The molecule has 0 fully saturated rings. The van der Waals surface area contributed by atoms with Gasteiger partial charge in [0.2, 0.25) is 0 Å². The molecule has 0 saturated carbocycles. The van der Waals surface area contributed by atoms with Crippen molar-refractivity contribution in [3.8, 4) is 11.5 Å². The van der Waals surface area contributed by atoms with Gasteiger partial charge in [-0.1, -0.05) is 19.8 Å². The summed E-state index contributed by atoms with van der Waals surface area (Å²) in [7, 11) is 0. The van der Waals surface area contributed by atoms with E-state index in [9.17, 15) is 4.79 Å². The second-order valence-electron chi connectivity index (χ2n) is 7.04. The van der Waals surface area contributed by atoms with E-state index in [0.29, 0.717) is 11.5 Å². The number of aliphatic imine (C=N–C) groups is 1. The summed E-state index contributed by atoms with van der Waals surface area (Å²) in [6.45, 7) is 4.87. The van der Waals surface area contributed by atoms with Gasteiger partial charge in [0, 0.05) is 11.8 Å². The zero-order valence-electron chi connectivity index (χ0n) is 17.9. The summed E-state index contributed by atoms with van der Waals surface area (Å²) >= 11 is 0. The molecule has 0 saturated heterocycles. The molecule has 5 heteroatoms. The van der Waals surface area contributed by atoms with Crippen LogP contribution in [0.25, 0.3) is 6.08 Å². The van der Waals surface area contributed by atoms with Crippen LogP contribution in [0, 0.1) is 0 Å². The average molecular weight is 418 g/mol. The molecule has 0 radical (unpaired) electrons. The van der Waals surface area contributed by atoms with Crippen LogP contribution in [0.1, 0.15) is 44.4 Å². The third-order valence-corrected chi connectivity index (χ3v) is 4.57. The molecule has 0 N–H and O–H groups in total. The molecule has 0 aliphatic heterocycles. The first-order chi connectivity index (χ1) is 15.1. The highest BCUT2D eigenvalue weighted by molar-refractivity contribution is 6.00. The van der Waals surface area contributed by atoms with E-state index < -0.39 is 5.97 Å². The fourth-order valence-electron chi connectivity index (χ4n) is 2.87. The molecule has 0 amide bonds. The van der Waals surface area contributed by atoms with Crippen LogP contribution in [0.4, 0.5) is 5.69 Å². The molecule has 0 unspecified atom stereocenters. The summed E-state index contributed by atoms with van der Waals surface area (Å²) in [4.78, 5) is 16.6. The molecule has 3 aromatic rings. The van der Waals surface area contributed by atoms with E-state index in [0.717, 1.165) is 35.7 Å². The van der Waals surface area contributed by atoms with E-state index in [1.165, 1.54) is 18.9 Å². The number of furan rings is 1. The van der Waals surface area contributed by atoms with E-state index in [4.69, 9.17) is 13.9 Å². The minimum atomic E-state index is -0.466. The molecule has 1 aromatic heterocycles. The highest BCUT2D eigenvalue weighted by atomic mass is 16.5. The normalized spacial score (nSPS) is 11.6. The minimum absolute atomic E-state index is 0.466. The molecule has 0 spiro atoms. The fourth-order valence-corrected chi connectivity index (χ4v) is 2.87. The van der Waals surface area contributed by atoms with Crippen LogP contribution in [0.15, 0.2) is 82.4 Å². The number of ether oxygens (including phenoxy) is 2. The van der Waals surface area contributed by atoms with Gasteiger partial charge in [0.1, 0.15) is 17.3 Å². The first kappa shape index (κ1) is 22.1. The Kier molecular flexibility index (Phi) is 8.23. The van der Waals surface area contributed by atoms with Gasteiger partial charge in [-0.3, -0.25) is 4.99 Å². The molecule has 2 aromatic carbocycles. The van der Waals surface area contributed by atoms with Crippen LogP contribution in [-0.2, 0) is 4.79 Å². The molecule has 0 atom stereocenters. The standard InChI is InChI=1S/C26H27NO4/c1-3-4-5-18-29-24-14-10-22(11-15-24)27-20(2)21-8-12-25(13-9-21)31-26(28)17-16-23-7-6-19-30-23/h6-17,19H,3-5,18H2,1-2H3/b17-16+,27-20?. The van der Waals surface area contributed by atoms with Crippen LogP contribution < -0.4 is 9.47 Å². The Bertz CT molecular complexity index is 1000. The monoisotopic (exact) mass is 417 g/mol. The summed E-state index contributed by atoms with van der Waals surface area (Å²) < 4.78 is 16.2. The number of rotatable bonds is 10. The maximum Gasteiger partial charge on any atom is 0.336 e. The largest absolute Gasteiger partial charge is 0.494 e. The Morgan fingerprint density at radius 3 is 2.42 bits per heavy atom. The molecule has 5 nitrogen and oxygen atoms in total. The van der Waals surface area contributed by atoms with Gasteiger partial charge < -0.3 is 13.9 Å². The third kappa shape index (κ3) is 7.30. The second kappa shape index (κ2) is 11.6. The number of nitrogens with zero attached hydrogens (tertiary/aromatic N) is 1. The Hall–Kier alpha value is -3.60.